The number of aromatic nitrogens is 3. The van der Waals surface area contributed by atoms with E-state index < -0.39 is 0 Å². The molecule has 2 N–H and O–H groups in total. The Labute approximate surface area is 183 Å². The molecule has 1 amide bonds. The predicted molar refractivity (Wildman–Crippen MR) is 124 cm³/mol. The first-order chi connectivity index (χ1) is 14.9. The zero-order valence-electron chi connectivity index (χ0n) is 18.5. The number of amides is 1. The third-order valence-corrected chi connectivity index (χ3v) is 5.38. The van der Waals surface area contributed by atoms with Crippen LogP contribution in [0.2, 0.25) is 0 Å². The third kappa shape index (κ3) is 4.88. The maximum atomic E-state index is 12.3. The van der Waals surface area contributed by atoms with Gasteiger partial charge in [0.1, 0.15) is 0 Å². The van der Waals surface area contributed by atoms with Gasteiger partial charge >= 0.3 is 0 Å². The van der Waals surface area contributed by atoms with Crippen molar-refractivity contribution in [3.63, 3.8) is 0 Å². The van der Waals surface area contributed by atoms with Gasteiger partial charge in [-0.3, -0.25) is 9.78 Å². The van der Waals surface area contributed by atoms with Crippen LogP contribution >= 0.6 is 0 Å². The first-order valence-corrected chi connectivity index (χ1v) is 10.5. The number of fused-ring (bicyclic) bond motifs is 3. The van der Waals surface area contributed by atoms with Crippen molar-refractivity contribution in [1.82, 2.24) is 19.9 Å². The molecule has 1 aliphatic heterocycles. The largest absolute Gasteiger partial charge is 0.325 e. The molecule has 7 nitrogen and oxygen atoms in total. The molecular formula is C24H28N6O. The number of hydrogen-bond donors (Lipinski definition) is 2. The number of carbonyl (C=O) groups is 1. The highest BCUT2D eigenvalue weighted by Gasteiger charge is 2.21. The Bertz CT molecular complexity index is 1130. The zero-order valence-corrected chi connectivity index (χ0v) is 18.5. The lowest BCUT2D eigenvalue weighted by Crippen LogP contribution is -2.13. The molecule has 0 unspecified atom stereocenters. The maximum absolute atomic E-state index is 12.3. The molecule has 160 valence electrons. The molecule has 0 aliphatic carbocycles. The molecule has 0 atom stereocenters. The summed E-state index contributed by atoms with van der Waals surface area (Å²) in [6.45, 7) is 5.01. The fourth-order valence-electron chi connectivity index (χ4n) is 3.72. The van der Waals surface area contributed by atoms with E-state index in [9.17, 15) is 4.79 Å². The van der Waals surface area contributed by atoms with Gasteiger partial charge in [0.05, 0.1) is 29.2 Å². The van der Waals surface area contributed by atoms with Gasteiger partial charge in [-0.15, -0.1) is 0 Å². The minimum absolute atomic E-state index is 0.0552. The average Bonchev–Trinajstić information content (AvgIpc) is 2.84. The molecule has 0 saturated carbocycles. The van der Waals surface area contributed by atoms with Crippen LogP contribution in [-0.2, 0) is 17.6 Å². The van der Waals surface area contributed by atoms with Crippen molar-refractivity contribution in [2.45, 2.75) is 33.1 Å². The van der Waals surface area contributed by atoms with Crippen LogP contribution in [-0.4, -0.2) is 46.4 Å². The fraction of sp³-hybridized carbons (Fsp3) is 0.333. The number of aryl methyl sites for hydroxylation is 3. The molecule has 0 radical (unpaired) electrons. The van der Waals surface area contributed by atoms with Gasteiger partial charge in [-0.25, -0.2) is 9.97 Å². The summed E-state index contributed by atoms with van der Waals surface area (Å²) in [7, 11) is 4.16. The Kier molecular flexibility index (Phi) is 5.95. The molecule has 0 bridgehead atoms. The second-order valence-corrected chi connectivity index (χ2v) is 8.35. The molecule has 3 aromatic rings. The quantitative estimate of drug-likeness (QED) is 0.634. The molecule has 1 aromatic carbocycles. The maximum Gasteiger partial charge on any atom is 0.228 e. The highest BCUT2D eigenvalue weighted by Crippen LogP contribution is 2.34. The summed E-state index contributed by atoms with van der Waals surface area (Å²) in [5.41, 5.74) is 7.34. The Morgan fingerprint density at radius 2 is 1.97 bits per heavy atom. The predicted octanol–water partition coefficient (Wildman–Crippen LogP) is 3.89. The highest BCUT2D eigenvalue weighted by atomic mass is 16.1. The van der Waals surface area contributed by atoms with Gasteiger partial charge in [-0.1, -0.05) is 12.1 Å². The minimum Gasteiger partial charge on any atom is -0.325 e. The minimum atomic E-state index is -0.0552. The van der Waals surface area contributed by atoms with Gasteiger partial charge in [-0.05, 0) is 70.6 Å². The Morgan fingerprint density at radius 3 is 2.77 bits per heavy atom. The van der Waals surface area contributed by atoms with E-state index in [0.29, 0.717) is 5.95 Å². The SMILES string of the molecule is Cc1ccc2c(c1)NC(=O)Cc1cnc(Nc3cc(CCCN(C)C)cnc3C)nc1-2. The number of anilines is 3. The number of pyridine rings is 1. The van der Waals surface area contributed by atoms with Gasteiger partial charge in [0.25, 0.3) is 0 Å². The van der Waals surface area contributed by atoms with E-state index in [1.54, 1.807) is 6.20 Å². The summed E-state index contributed by atoms with van der Waals surface area (Å²) in [4.78, 5) is 28.3. The monoisotopic (exact) mass is 416 g/mol. The van der Waals surface area contributed by atoms with Crippen LogP contribution in [0.25, 0.3) is 11.3 Å². The molecule has 0 spiro atoms. The molecule has 31 heavy (non-hydrogen) atoms. The third-order valence-electron chi connectivity index (χ3n) is 5.38. The van der Waals surface area contributed by atoms with Crippen molar-refractivity contribution in [3.05, 3.63) is 59.0 Å². The van der Waals surface area contributed by atoms with E-state index in [-0.39, 0.29) is 12.3 Å². The van der Waals surface area contributed by atoms with Crippen LogP contribution in [0.3, 0.4) is 0 Å². The van der Waals surface area contributed by atoms with Gasteiger partial charge in [0, 0.05) is 23.5 Å². The number of carbonyl (C=O) groups excluding carboxylic acids is 1. The summed E-state index contributed by atoms with van der Waals surface area (Å²) in [5, 5.41) is 6.32. The van der Waals surface area contributed by atoms with Crippen molar-refractivity contribution >= 4 is 23.2 Å². The molecule has 7 heteroatoms. The van der Waals surface area contributed by atoms with Crippen molar-refractivity contribution < 1.29 is 4.79 Å². The summed E-state index contributed by atoms with van der Waals surface area (Å²) in [5.74, 6) is 0.440. The van der Waals surface area contributed by atoms with Crippen LogP contribution in [0.4, 0.5) is 17.3 Å². The lowest BCUT2D eigenvalue weighted by molar-refractivity contribution is -0.115. The van der Waals surface area contributed by atoms with E-state index in [1.807, 2.05) is 38.2 Å². The Balaban J connectivity index is 1.63. The second-order valence-electron chi connectivity index (χ2n) is 8.35. The van der Waals surface area contributed by atoms with Crippen molar-refractivity contribution in [3.8, 4) is 11.3 Å². The molecule has 0 saturated heterocycles. The topological polar surface area (TPSA) is 83.0 Å². The fourth-order valence-corrected chi connectivity index (χ4v) is 3.72. The standard InChI is InChI=1S/C24H28N6O/c1-15-7-8-19-21(10-15)27-22(31)12-18-14-26-24(29-23(18)19)28-20-11-17(13-25-16(20)2)6-5-9-30(3)4/h7-8,10-11,13-14H,5-6,9,12H2,1-4H3,(H,27,31)(H,26,28,29). The van der Waals surface area contributed by atoms with Crippen LogP contribution < -0.4 is 10.6 Å². The first kappa shape index (κ1) is 20.9. The van der Waals surface area contributed by atoms with E-state index in [0.717, 1.165) is 58.8 Å². The van der Waals surface area contributed by atoms with Crippen LogP contribution in [0.1, 0.15) is 28.8 Å². The summed E-state index contributed by atoms with van der Waals surface area (Å²) in [6, 6.07) is 8.13. The van der Waals surface area contributed by atoms with E-state index in [2.05, 4.69) is 45.7 Å². The lowest BCUT2D eigenvalue weighted by atomic mass is 10.0. The van der Waals surface area contributed by atoms with E-state index in [4.69, 9.17) is 4.98 Å². The number of nitrogens with zero attached hydrogens (tertiary/aromatic N) is 4. The normalized spacial score (nSPS) is 12.7. The van der Waals surface area contributed by atoms with Gasteiger partial charge in [0.2, 0.25) is 11.9 Å². The number of rotatable bonds is 6. The molecule has 0 fully saturated rings. The van der Waals surface area contributed by atoms with Crippen molar-refractivity contribution in [2.75, 3.05) is 31.3 Å². The van der Waals surface area contributed by atoms with Crippen LogP contribution in [0, 0.1) is 13.8 Å². The molecule has 4 rings (SSSR count). The number of nitrogens with one attached hydrogen (secondary N) is 2. The average molecular weight is 417 g/mol. The first-order valence-electron chi connectivity index (χ1n) is 10.5. The Morgan fingerprint density at radius 1 is 1.13 bits per heavy atom. The lowest BCUT2D eigenvalue weighted by Gasteiger charge is -2.13. The summed E-state index contributed by atoms with van der Waals surface area (Å²) in [6.07, 6.45) is 5.97. The van der Waals surface area contributed by atoms with Crippen LogP contribution in [0.15, 0.2) is 36.7 Å². The second kappa shape index (κ2) is 8.81. The number of hydrogen-bond acceptors (Lipinski definition) is 6. The van der Waals surface area contributed by atoms with Crippen molar-refractivity contribution in [1.29, 1.82) is 0 Å². The van der Waals surface area contributed by atoms with Gasteiger partial charge in [0.15, 0.2) is 0 Å². The van der Waals surface area contributed by atoms with Crippen molar-refractivity contribution in [2.24, 2.45) is 0 Å². The summed E-state index contributed by atoms with van der Waals surface area (Å²) < 4.78 is 0. The summed E-state index contributed by atoms with van der Waals surface area (Å²) >= 11 is 0. The molecule has 1 aliphatic rings. The molecule has 2 aromatic heterocycles. The highest BCUT2D eigenvalue weighted by molar-refractivity contribution is 6.00. The smallest absolute Gasteiger partial charge is 0.228 e. The van der Waals surface area contributed by atoms with Gasteiger partial charge < -0.3 is 15.5 Å². The Hall–Kier alpha value is -3.32. The van der Waals surface area contributed by atoms with E-state index in [1.165, 1.54) is 5.56 Å². The molecule has 3 heterocycles. The molecular weight excluding hydrogens is 388 g/mol. The van der Waals surface area contributed by atoms with E-state index >= 15 is 0 Å². The number of benzene rings is 1. The zero-order chi connectivity index (χ0) is 22.0. The van der Waals surface area contributed by atoms with Crippen LogP contribution in [0.5, 0.6) is 0 Å². The van der Waals surface area contributed by atoms with Gasteiger partial charge in [-0.2, -0.15) is 0 Å².